The van der Waals surface area contributed by atoms with E-state index in [-0.39, 0.29) is 25.0 Å². The van der Waals surface area contributed by atoms with Gasteiger partial charge in [0, 0.05) is 23.1 Å². The van der Waals surface area contributed by atoms with Gasteiger partial charge in [0.1, 0.15) is 5.75 Å². The number of rotatable bonds is 5. The van der Waals surface area contributed by atoms with Gasteiger partial charge in [-0.15, -0.1) is 0 Å². The Labute approximate surface area is 111 Å². The Bertz CT molecular complexity index is 577. The molecule has 1 aromatic carbocycles. The van der Waals surface area contributed by atoms with Crippen LogP contribution in [0, 0.1) is 0 Å². The lowest BCUT2D eigenvalue weighted by molar-refractivity contribution is -0.121. The largest absolute Gasteiger partial charge is 0.497 e. The summed E-state index contributed by atoms with van der Waals surface area (Å²) >= 11 is 0. The summed E-state index contributed by atoms with van der Waals surface area (Å²) in [6, 6.07) is 5.47. The van der Waals surface area contributed by atoms with Crippen LogP contribution in [0.3, 0.4) is 0 Å². The predicted molar refractivity (Wildman–Crippen MR) is 73.2 cm³/mol. The SMILES string of the molecule is COc1ccc2[nH]cc(CC(=O)NC(C)CO)c2c1. The first-order valence-corrected chi connectivity index (χ1v) is 6.18. The van der Waals surface area contributed by atoms with E-state index in [1.54, 1.807) is 14.0 Å². The molecule has 0 aliphatic heterocycles. The minimum Gasteiger partial charge on any atom is -0.497 e. The summed E-state index contributed by atoms with van der Waals surface area (Å²) in [4.78, 5) is 14.9. The number of ether oxygens (including phenoxy) is 1. The number of carbonyl (C=O) groups is 1. The lowest BCUT2D eigenvalue weighted by Crippen LogP contribution is -2.35. The maximum absolute atomic E-state index is 11.8. The molecule has 0 saturated carbocycles. The van der Waals surface area contributed by atoms with Crippen molar-refractivity contribution in [2.24, 2.45) is 0 Å². The molecule has 19 heavy (non-hydrogen) atoms. The first-order valence-electron chi connectivity index (χ1n) is 6.18. The van der Waals surface area contributed by atoms with Crippen LogP contribution >= 0.6 is 0 Å². The van der Waals surface area contributed by atoms with E-state index < -0.39 is 0 Å². The smallest absolute Gasteiger partial charge is 0.224 e. The lowest BCUT2D eigenvalue weighted by Gasteiger charge is -2.10. The standard InChI is InChI=1S/C14H18N2O3/c1-9(8-17)16-14(18)5-10-7-15-13-4-3-11(19-2)6-12(10)13/h3-4,6-7,9,15,17H,5,8H2,1-2H3,(H,16,18). The third-order valence-electron chi connectivity index (χ3n) is 3.01. The van der Waals surface area contributed by atoms with E-state index in [1.807, 2.05) is 24.4 Å². The van der Waals surface area contributed by atoms with Gasteiger partial charge in [0.05, 0.1) is 20.1 Å². The number of benzene rings is 1. The molecule has 5 nitrogen and oxygen atoms in total. The number of aliphatic hydroxyl groups is 1. The van der Waals surface area contributed by atoms with E-state index in [2.05, 4.69) is 10.3 Å². The third kappa shape index (κ3) is 3.06. The zero-order chi connectivity index (χ0) is 13.8. The summed E-state index contributed by atoms with van der Waals surface area (Å²) in [5, 5.41) is 12.6. The molecule has 1 amide bonds. The maximum Gasteiger partial charge on any atom is 0.224 e. The molecule has 102 valence electrons. The molecule has 0 aliphatic rings. The molecule has 3 N–H and O–H groups in total. The number of methoxy groups -OCH3 is 1. The van der Waals surface area contributed by atoms with Gasteiger partial charge in [-0.1, -0.05) is 0 Å². The number of hydrogen-bond acceptors (Lipinski definition) is 3. The Balaban J connectivity index is 2.18. The average molecular weight is 262 g/mol. The van der Waals surface area contributed by atoms with Crippen molar-refractivity contribution in [3.63, 3.8) is 0 Å². The first-order chi connectivity index (χ1) is 9.13. The topological polar surface area (TPSA) is 74.4 Å². The Morgan fingerprint density at radius 3 is 3.00 bits per heavy atom. The molecular formula is C14H18N2O3. The summed E-state index contributed by atoms with van der Waals surface area (Å²) in [6.45, 7) is 1.70. The average Bonchev–Trinajstić information content (AvgIpc) is 2.80. The second-order valence-corrected chi connectivity index (χ2v) is 4.55. The minimum atomic E-state index is -0.229. The molecule has 1 aromatic heterocycles. The molecule has 0 aliphatic carbocycles. The summed E-state index contributed by atoms with van der Waals surface area (Å²) in [7, 11) is 1.61. The molecule has 1 atom stereocenters. The van der Waals surface area contributed by atoms with Crippen LogP contribution in [0.2, 0.25) is 0 Å². The molecule has 5 heteroatoms. The molecule has 0 saturated heterocycles. The highest BCUT2D eigenvalue weighted by atomic mass is 16.5. The molecule has 2 aromatic rings. The third-order valence-corrected chi connectivity index (χ3v) is 3.01. The highest BCUT2D eigenvalue weighted by molar-refractivity contribution is 5.89. The minimum absolute atomic E-state index is 0.0621. The summed E-state index contributed by atoms with van der Waals surface area (Å²) in [5.41, 5.74) is 1.88. The van der Waals surface area contributed by atoms with Gasteiger partial charge in [0.15, 0.2) is 0 Å². The van der Waals surface area contributed by atoms with Gasteiger partial charge in [-0.3, -0.25) is 4.79 Å². The molecule has 2 rings (SSSR count). The number of H-pyrrole nitrogens is 1. The first kappa shape index (κ1) is 13.4. The number of aromatic amines is 1. The van der Waals surface area contributed by atoms with E-state index in [4.69, 9.17) is 9.84 Å². The Hall–Kier alpha value is -2.01. The zero-order valence-corrected chi connectivity index (χ0v) is 11.1. The summed E-state index contributed by atoms with van der Waals surface area (Å²) < 4.78 is 5.19. The number of hydrogen-bond donors (Lipinski definition) is 3. The van der Waals surface area contributed by atoms with E-state index in [0.717, 1.165) is 22.2 Å². The predicted octanol–water partition coefficient (Wildman–Crippen LogP) is 1.22. The molecule has 1 unspecified atom stereocenters. The van der Waals surface area contributed by atoms with Crippen molar-refractivity contribution < 1.29 is 14.6 Å². The zero-order valence-electron chi connectivity index (χ0n) is 11.1. The van der Waals surface area contributed by atoms with Gasteiger partial charge >= 0.3 is 0 Å². The molecule has 0 radical (unpaired) electrons. The van der Waals surface area contributed by atoms with Crippen LogP contribution in [0.25, 0.3) is 10.9 Å². The second-order valence-electron chi connectivity index (χ2n) is 4.55. The van der Waals surface area contributed by atoms with Gasteiger partial charge in [-0.25, -0.2) is 0 Å². The van der Waals surface area contributed by atoms with Crippen LogP contribution in [0.1, 0.15) is 12.5 Å². The Morgan fingerprint density at radius 1 is 1.53 bits per heavy atom. The summed E-state index contributed by atoms with van der Waals surface area (Å²) in [6.07, 6.45) is 2.10. The second kappa shape index (κ2) is 5.75. The molecule has 1 heterocycles. The van der Waals surface area contributed by atoms with Crippen LogP contribution < -0.4 is 10.1 Å². The van der Waals surface area contributed by atoms with Crippen molar-refractivity contribution in [3.8, 4) is 5.75 Å². The Kier molecular flexibility index (Phi) is 4.06. The van der Waals surface area contributed by atoms with Crippen molar-refractivity contribution >= 4 is 16.8 Å². The lowest BCUT2D eigenvalue weighted by atomic mass is 10.1. The van der Waals surface area contributed by atoms with Crippen LogP contribution in [0.4, 0.5) is 0 Å². The van der Waals surface area contributed by atoms with Gasteiger partial charge in [0.25, 0.3) is 0 Å². The van der Waals surface area contributed by atoms with Crippen molar-refractivity contribution in [3.05, 3.63) is 30.0 Å². The monoisotopic (exact) mass is 262 g/mol. The van der Waals surface area contributed by atoms with Crippen molar-refractivity contribution in [1.29, 1.82) is 0 Å². The number of carbonyl (C=O) groups excluding carboxylic acids is 1. The van der Waals surface area contributed by atoms with Gasteiger partial charge in [0.2, 0.25) is 5.91 Å². The number of fused-ring (bicyclic) bond motifs is 1. The number of nitrogens with one attached hydrogen (secondary N) is 2. The fraction of sp³-hybridized carbons (Fsp3) is 0.357. The Morgan fingerprint density at radius 2 is 2.32 bits per heavy atom. The molecular weight excluding hydrogens is 244 g/mol. The van der Waals surface area contributed by atoms with Crippen molar-refractivity contribution in [1.82, 2.24) is 10.3 Å². The fourth-order valence-electron chi connectivity index (χ4n) is 1.98. The van der Waals surface area contributed by atoms with Crippen LogP contribution in [0.5, 0.6) is 5.75 Å². The van der Waals surface area contributed by atoms with Crippen molar-refractivity contribution in [2.45, 2.75) is 19.4 Å². The number of amides is 1. The highest BCUT2D eigenvalue weighted by Crippen LogP contribution is 2.23. The van der Waals surface area contributed by atoms with Crippen LogP contribution in [-0.2, 0) is 11.2 Å². The molecule has 0 bridgehead atoms. The van der Waals surface area contributed by atoms with Crippen molar-refractivity contribution in [2.75, 3.05) is 13.7 Å². The molecule has 0 spiro atoms. The highest BCUT2D eigenvalue weighted by Gasteiger charge is 2.11. The summed E-state index contributed by atoms with van der Waals surface area (Å²) in [5.74, 6) is 0.655. The fourth-order valence-corrected chi connectivity index (χ4v) is 1.98. The van der Waals surface area contributed by atoms with Gasteiger partial charge in [-0.05, 0) is 30.7 Å². The van der Waals surface area contributed by atoms with Gasteiger partial charge < -0.3 is 20.1 Å². The number of aromatic nitrogens is 1. The maximum atomic E-state index is 11.8. The molecule has 0 fully saturated rings. The van der Waals surface area contributed by atoms with Gasteiger partial charge in [-0.2, -0.15) is 0 Å². The van der Waals surface area contributed by atoms with E-state index >= 15 is 0 Å². The quantitative estimate of drug-likeness (QED) is 0.758. The van der Waals surface area contributed by atoms with Crippen LogP contribution in [0.15, 0.2) is 24.4 Å². The van der Waals surface area contributed by atoms with Crippen LogP contribution in [-0.4, -0.2) is 35.8 Å². The van der Waals surface area contributed by atoms with E-state index in [1.165, 1.54) is 0 Å². The normalized spacial score (nSPS) is 12.4. The number of aliphatic hydroxyl groups excluding tert-OH is 1. The van der Waals surface area contributed by atoms with E-state index in [0.29, 0.717) is 0 Å². The van der Waals surface area contributed by atoms with E-state index in [9.17, 15) is 4.79 Å².